The third-order valence-electron chi connectivity index (χ3n) is 3.06. The van der Waals surface area contributed by atoms with Gasteiger partial charge in [0.15, 0.2) is 0 Å². The minimum Gasteiger partial charge on any atom is -0.459 e. The van der Waals surface area contributed by atoms with Crippen LogP contribution in [0.2, 0.25) is 0 Å². The van der Waals surface area contributed by atoms with Crippen molar-refractivity contribution in [2.24, 2.45) is 0 Å². The summed E-state index contributed by atoms with van der Waals surface area (Å²) in [5, 5.41) is 0. The van der Waals surface area contributed by atoms with E-state index in [1.807, 2.05) is 19.9 Å². The second-order valence-corrected chi connectivity index (χ2v) is 5.62. The number of rotatable bonds is 5. The lowest BCUT2D eigenvalue weighted by Crippen LogP contribution is -2.34. The molecule has 21 heavy (non-hydrogen) atoms. The first kappa shape index (κ1) is 17.0. The molecule has 0 saturated carbocycles. The minimum absolute atomic E-state index is 0.00636. The summed E-state index contributed by atoms with van der Waals surface area (Å²) >= 11 is 0. The van der Waals surface area contributed by atoms with Gasteiger partial charge in [0, 0.05) is 25.2 Å². The Labute approximate surface area is 126 Å². The van der Waals surface area contributed by atoms with Crippen LogP contribution >= 0.6 is 0 Å². The smallest absolute Gasteiger partial charge is 0.340 e. The number of nitrogens with two attached hydrogens (primary N) is 1. The van der Waals surface area contributed by atoms with Crippen LogP contribution in [0, 0.1) is 0 Å². The van der Waals surface area contributed by atoms with Gasteiger partial charge in [-0.05, 0) is 45.4 Å². The monoisotopic (exact) mass is 292 g/mol. The van der Waals surface area contributed by atoms with Crippen molar-refractivity contribution < 1.29 is 14.3 Å². The summed E-state index contributed by atoms with van der Waals surface area (Å²) in [5.41, 5.74) is 7.41. The number of nitrogens with zero attached hydrogens (tertiary/aromatic N) is 1. The molecule has 0 bridgehead atoms. The molecule has 116 valence electrons. The molecule has 0 saturated heterocycles. The molecule has 1 aromatic rings. The highest BCUT2D eigenvalue weighted by Gasteiger charge is 2.17. The van der Waals surface area contributed by atoms with Crippen molar-refractivity contribution in [3.63, 3.8) is 0 Å². The van der Waals surface area contributed by atoms with E-state index in [0.717, 1.165) is 5.56 Å². The standard InChI is InChI=1S/C16H24N2O3/c1-10(2)18(12(5)19)9-13-6-7-15(17)14(8-13)16(20)21-11(3)4/h6-8,10-11H,9,17H2,1-5H3. The molecule has 5 nitrogen and oxygen atoms in total. The van der Waals surface area contributed by atoms with Gasteiger partial charge in [-0.1, -0.05) is 6.07 Å². The lowest BCUT2D eigenvalue weighted by Gasteiger charge is -2.25. The van der Waals surface area contributed by atoms with Crippen molar-refractivity contribution in [3.05, 3.63) is 29.3 Å². The first-order valence-electron chi connectivity index (χ1n) is 7.09. The lowest BCUT2D eigenvalue weighted by molar-refractivity contribution is -0.131. The fourth-order valence-electron chi connectivity index (χ4n) is 2.01. The van der Waals surface area contributed by atoms with Gasteiger partial charge in [-0.2, -0.15) is 0 Å². The van der Waals surface area contributed by atoms with E-state index in [0.29, 0.717) is 17.8 Å². The van der Waals surface area contributed by atoms with Crippen molar-refractivity contribution in [1.82, 2.24) is 4.90 Å². The predicted molar refractivity (Wildman–Crippen MR) is 82.8 cm³/mol. The Hall–Kier alpha value is -2.04. The molecule has 0 atom stereocenters. The SMILES string of the molecule is CC(=O)N(Cc1ccc(N)c(C(=O)OC(C)C)c1)C(C)C. The van der Waals surface area contributed by atoms with Crippen LogP contribution < -0.4 is 5.73 Å². The maximum absolute atomic E-state index is 12.0. The molecule has 2 N–H and O–H groups in total. The summed E-state index contributed by atoms with van der Waals surface area (Å²) in [4.78, 5) is 25.4. The summed E-state index contributed by atoms with van der Waals surface area (Å²) < 4.78 is 5.17. The number of carbonyl (C=O) groups excluding carboxylic acids is 2. The molecule has 1 amide bonds. The lowest BCUT2D eigenvalue weighted by atomic mass is 10.1. The Morgan fingerprint density at radius 2 is 1.86 bits per heavy atom. The average Bonchev–Trinajstić information content (AvgIpc) is 2.35. The Balaban J connectivity index is 3.01. The van der Waals surface area contributed by atoms with Crippen molar-refractivity contribution in [1.29, 1.82) is 0 Å². The highest BCUT2D eigenvalue weighted by atomic mass is 16.5. The van der Waals surface area contributed by atoms with Gasteiger partial charge in [0.25, 0.3) is 0 Å². The number of amides is 1. The third kappa shape index (κ3) is 4.77. The molecule has 0 heterocycles. The topological polar surface area (TPSA) is 72.6 Å². The zero-order valence-corrected chi connectivity index (χ0v) is 13.3. The zero-order chi connectivity index (χ0) is 16.2. The van der Waals surface area contributed by atoms with Crippen molar-refractivity contribution in [2.75, 3.05) is 5.73 Å². The maximum atomic E-state index is 12.0. The van der Waals surface area contributed by atoms with E-state index in [1.54, 1.807) is 30.9 Å². The van der Waals surface area contributed by atoms with Gasteiger partial charge in [0.2, 0.25) is 5.91 Å². The Morgan fingerprint density at radius 3 is 2.33 bits per heavy atom. The van der Waals surface area contributed by atoms with Gasteiger partial charge in [0.05, 0.1) is 11.7 Å². The molecule has 0 aromatic heterocycles. The Kier molecular flexibility index (Phi) is 5.76. The van der Waals surface area contributed by atoms with Crippen LogP contribution in [-0.2, 0) is 16.1 Å². The molecule has 1 rings (SSSR count). The van der Waals surface area contributed by atoms with Crippen molar-refractivity contribution in [3.8, 4) is 0 Å². The molecular weight excluding hydrogens is 268 g/mol. The fraction of sp³-hybridized carbons (Fsp3) is 0.500. The maximum Gasteiger partial charge on any atom is 0.340 e. The van der Waals surface area contributed by atoms with Crippen LogP contribution in [-0.4, -0.2) is 28.9 Å². The van der Waals surface area contributed by atoms with E-state index in [-0.39, 0.29) is 18.1 Å². The summed E-state index contributed by atoms with van der Waals surface area (Å²) in [6.07, 6.45) is -0.204. The zero-order valence-electron chi connectivity index (χ0n) is 13.3. The number of benzene rings is 1. The van der Waals surface area contributed by atoms with Gasteiger partial charge in [-0.25, -0.2) is 4.79 Å². The number of ether oxygens (including phenoxy) is 1. The second kappa shape index (κ2) is 7.11. The van der Waals surface area contributed by atoms with Crippen LogP contribution in [0.15, 0.2) is 18.2 Å². The van der Waals surface area contributed by atoms with Gasteiger partial charge in [-0.15, -0.1) is 0 Å². The normalized spacial score (nSPS) is 10.8. The van der Waals surface area contributed by atoms with Gasteiger partial charge in [0.1, 0.15) is 0 Å². The van der Waals surface area contributed by atoms with E-state index in [1.165, 1.54) is 6.92 Å². The van der Waals surface area contributed by atoms with Crippen molar-refractivity contribution in [2.45, 2.75) is 53.3 Å². The molecule has 0 aliphatic heterocycles. The quantitative estimate of drug-likeness (QED) is 0.669. The second-order valence-electron chi connectivity index (χ2n) is 5.62. The van der Waals surface area contributed by atoms with E-state index >= 15 is 0 Å². The van der Waals surface area contributed by atoms with Crippen LogP contribution in [0.4, 0.5) is 5.69 Å². The van der Waals surface area contributed by atoms with Gasteiger partial charge >= 0.3 is 5.97 Å². The molecule has 0 aliphatic rings. The number of hydrogen-bond acceptors (Lipinski definition) is 4. The van der Waals surface area contributed by atoms with Crippen molar-refractivity contribution >= 4 is 17.6 Å². The number of carbonyl (C=O) groups is 2. The summed E-state index contributed by atoms with van der Waals surface area (Å²) in [7, 11) is 0. The molecule has 0 aliphatic carbocycles. The minimum atomic E-state index is -0.441. The predicted octanol–water partition coefficient (Wildman–Crippen LogP) is 2.59. The highest BCUT2D eigenvalue weighted by Crippen LogP contribution is 2.18. The number of nitrogen functional groups attached to an aromatic ring is 1. The van der Waals surface area contributed by atoms with Crippen LogP contribution in [0.1, 0.15) is 50.5 Å². The first-order chi connectivity index (χ1) is 9.72. The third-order valence-corrected chi connectivity index (χ3v) is 3.06. The average molecular weight is 292 g/mol. The molecule has 1 aromatic carbocycles. The largest absolute Gasteiger partial charge is 0.459 e. The summed E-state index contributed by atoms with van der Waals surface area (Å²) in [6, 6.07) is 5.27. The highest BCUT2D eigenvalue weighted by molar-refractivity contribution is 5.95. The molecule has 5 heteroatoms. The van der Waals surface area contributed by atoms with Crippen LogP contribution in [0.25, 0.3) is 0 Å². The van der Waals surface area contributed by atoms with E-state index < -0.39 is 5.97 Å². The van der Waals surface area contributed by atoms with Crippen LogP contribution in [0.5, 0.6) is 0 Å². The summed E-state index contributed by atoms with van der Waals surface area (Å²) in [5.74, 6) is -0.448. The Bertz CT molecular complexity index is 524. The molecule has 0 radical (unpaired) electrons. The number of hydrogen-bond donors (Lipinski definition) is 1. The number of esters is 1. The number of anilines is 1. The van der Waals surface area contributed by atoms with E-state index in [9.17, 15) is 9.59 Å². The molecular formula is C16H24N2O3. The van der Waals surface area contributed by atoms with E-state index in [4.69, 9.17) is 10.5 Å². The van der Waals surface area contributed by atoms with E-state index in [2.05, 4.69) is 0 Å². The molecule has 0 spiro atoms. The van der Waals surface area contributed by atoms with Gasteiger partial charge in [-0.3, -0.25) is 4.79 Å². The first-order valence-corrected chi connectivity index (χ1v) is 7.09. The van der Waals surface area contributed by atoms with Gasteiger partial charge < -0.3 is 15.4 Å². The fourth-order valence-corrected chi connectivity index (χ4v) is 2.01. The Morgan fingerprint density at radius 1 is 1.24 bits per heavy atom. The molecule has 0 fully saturated rings. The summed E-state index contributed by atoms with van der Waals surface area (Å²) in [6.45, 7) is 9.45. The van der Waals surface area contributed by atoms with Crippen LogP contribution in [0.3, 0.4) is 0 Å². The molecule has 0 unspecified atom stereocenters.